The highest BCUT2D eigenvalue weighted by Gasteiger charge is 2.26. The average molecular weight is 198 g/mol. The third kappa shape index (κ3) is 3.58. The second kappa shape index (κ2) is 5.72. The van der Waals surface area contributed by atoms with Gasteiger partial charge in [-0.05, 0) is 45.2 Å². The lowest BCUT2D eigenvalue weighted by molar-refractivity contribution is 0.221. The molecule has 2 heteroatoms. The van der Waals surface area contributed by atoms with Crippen LogP contribution in [0.15, 0.2) is 0 Å². The van der Waals surface area contributed by atoms with Crippen LogP contribution in [0.3, 0.4) is 0 Å². The fraction of sp³-hybridized carbons (Fsp3) is 1.00. The molecular weight excluding hydrogens is 172 g/mol. The summed E-state index contributed by atoms with van der Waals surface area (Å²) in [4.78, 5) is 2.47. The molecule has 0 spiro atoms. The van der Waals surface area contributed by atoms with Gasteiger partial charge >= 0.3 is 0 Å². The molecule has 1 aliphatic rings. The van der Waals surface area contributed by atoms with E-state index in [1.54, 1.807) is 0 Å². The van der Waals surface area contributed by atoms with E-state index in [1.807, 2.05) is 0 Å². The van der Waals surface area contributed by atoms with Crippen molar-refractivity contribution in [3.63, 3.8) is 0 Å². The number of nitrogens with zero attached hydrogens (tertiary/aromatic N) is 1. The van der Waals surface area contributed by atoms with E-state index in [-0.39, 0.29) is 0 Å². The Kier molecular flexibility index (Phi) is 4.90. The Balaban J connectivity index is 2.17. The van der Waals surface area contributed by atoms with Crippen molar-refractivity contribution in [1.29, 1.82) is 0 Å². The van der Waals surface area contributed by atoms with Gasteiger partial charge in [0.2, 0.25) is 0 Å². The molecule has 0 aromatic rings. The minimum Gasteiger partial charge on any atom is -0.326 e. The van der Waals surface area contributed by atoms with Crippen LogP contribution >= 0.6 is 0 Å². The predicted molar refractivity (Wildman–Crippen MR) is 62.3 cm³/mol. The van der Waals surface area contributed by atoms with E-state index >= 15 is 0 Å². The molecule has 0 bridgehead atoms. The van der Waals surface area contributed by atoms with Gasteiger partial charge in [-0.1, -0.05) is 20.3 Å². The maximum absolute atomic E-state index is 6.07. The Morgan fingerprint density at radius 2 is 2.07 bits per heavy atom. The zero-order valence-electron chi connectivity index (χ0n) is 10.00. The van der Waals surface area contributed by atoms with Gasteiger partial charge in [-0.15, -0.1) is 0 Å². The second-order valence-corrected chi connectivity index (χ2v) is 5.18. The third-order valence-electron chi connectivity index (χ3n) is 3.39. The molecule has 1 fully saturated rings. The summed E-state index contributed by atoms with van der Waals surface area (Å²) in [7, 11) is 2.23. The van der Waals surface area contributed by atoms with E-state index in [2.05, 4.69) is 25.8 Å². The van der Waals surface area contributed by atoms with E-state index < -0.39 is 0 Å². The maximum atomic E-state index is 6.07. The van der Waals surface area contributed by atoms with Gasteiger partial charge in [0.05, 0.1) is 0 Å². The smallest absolute Gasteiger partial charge is 0.0244 e. The maximum Gasteiger partial charge on any atom is 0.0244 e. The van der Waals surface area contributed by atoms with Gasteiger partial charge in [0.1, 0.15) is 0 Å². The molecule has 0 heterocycles. The van der Waals surface area contributed by atoms with Crippen LogP contribution in [0, 0.1) is 5.92 Å². The van der Waals surface area contributed by atoms with Gasteiger partial charge in [-0.25, -0.2) is 0 Å². The van der Waals surface area contributed by atoms with Crippen molar-refractivity contribution in [2.75, 3.05) is 13.6 Å². The summed E-state index contributed by atoms with van der Waals surface area (Å²) >= 11 is 0. The van der Waals surface area contributed by atoms with Crippen molar-refractivity contribution in [1.82, 2.24) is 4.90 Å². The summed E-state index contributed by atoms with van der Waals surface area (Å²) in [5.41, 5.74) is 6.07. The first kappa shape index (κ1) is 12.0. The van der Waals surface area contributed by atoms with Crippen molar-refractivity contribution < 1.29 is 0 Å². The highest BCUT2D eigenvalue weighted by molar-refractivity contribution is 4.86. The van der Waals surface area contributed by atoms with E-state index in [0.29, 0.717) is 12.1 Å². The van der Waals surface area contributed by atoms with Crippen molar-refractivity contribution in [3.8, 4) is 0 Å². The standard InChI is InChI=1S/C12H26N2/c1-10(2)6-5-9-14(3)12-8-4-7-11(12)13/h10-12H,4-9,13H2,1-3H3. The first-order chi connectivity index (χ1) is 6.61. The molecule has 0 radical (unpaired) electrons. The second-order valence-electron chi connectivity index (χ2n) is 5.18. The fourth-order valence-electron chi connectivity index (χ4n) is 2.43. The lowest BCUT2D eigenvalue weighted by Gasteiger charge is -2.27. The first-order valence-electron chi connectivity index (χ1n) is 6.07. The molecule has 1 rings (SSSR count). The Morgan fingerprint density at radius 1 is 1.36 bits per heavy atom. The molecule has 2 nitrogen and oxygen atoms in total. The summed E-state index contributed by atoms with van der Waals surface area (Å²) in [6.45, 7) is 5.80. The first-order valence-corrected chi connectivity index (χ1v) is 6.07. The summed E-state index contributed by atoms with van der Waals surface area (Å²) in [5, 5.41) is 0. The number of hydrogen-bond donors (Lipinski definition) is 1. The van der Waals surface area contributed by atoms with Crippen LogP contribution in [0.4, 0.5) is 0 Å². The lowest BCUT2D eigenvalue weighted by atomic mass is 10.1. The molecule has 0 aromatic heterocycles. The molecule has 0 aromatic carbocycles. The molecule has 1 saturated carbocycles. The molecule has 0 amide bonds. The van der Waals surface area contributed by atoms with Gasteiger partial charge in [0.25, 0.3) is 0 Å². The Bertz CT molecular complexity index is 156. The Hall–Kier alpha value is -0.0800. The molecule has 0 aliphatic heterocycles. The SMILES string of the molecule is CC(C)CCCN(C)C1CCCC1N. The predicted octanol–water partition coefficient (Wildman–Crippen LogP) is 2.23. The molecule has 2 unspecified atom stereocenters. The van der Waals surface area contributed by atoms with Crippen LogP contribution in [-0.4, -0.2) is 30.6 Å². The molecule has 0 saturated heterocycles. The number of nitrogens with two attached hydrogens (primary N) is 1. The van der Waals surface area contributed by atoms with E-state index in [0.717, 1.165) is 5.92 Å². The van der Waals surface area contributed by atoms with Crippen molar-refractivity contribution in [2.24, 2.45) is 11.7 Å². The van der Waals surface area contributed by atoms with Gasteiger partial charge in [0, 0.05) is 12.1 Å². The van der Waals surface area contributed by atoms with Gasteiger partial charge in [0.15, 0.2) is 0 Å². The normalized spacial score (nSPS) is 27.9. The molecule has 14 heavy (non-hydrogen) atoms. The minimum absolute atomic E-state index is 0.430. The summed E-state index contributed by atoms with van der Waals surface area (Å²) in [6.07, 6.45) is 6.50. The van der Waals surface area contributed by atoms with Crippen LogP contribution in [-0.2, 0) is 0 Å². The van der Waals surface area contributed by atoms with Crippen LogP contribution in [0.2, 0.25) is 0 Å². The highest BCUT2D eigenvalue weighted by Crippen LogP contribution is 2.22. The van der Waals surface area contributed by atoms with E-state index in [9.17, 15) is 0 Å². The third-order valence-corrected chi connectivity index (χ3v) is 3.39. The molecular formula is C12H26N2. The number of hydrogen-bond acceptors (Lipinski definition) is 2. The zero-order valence-corrected chi connectivity index (χ0v) is 10.00. The Labute approximate surface area is 88.8 Å². The fourth-order valence-corrected chi connectivity index (χ4v) is 2.43. The largest absolute Gasteiger partial charge is 0.326 e. The van der Waals surface area contributed by atoms with Gasteiger partial charge in [-0.3, -0.25) is 0 Å². The average Bonchev–Trinajstić information content (AvgIpc) is 2.50. The summed E-state index contributed by atoms with van der Waals surface area (Å²) in [6, 6.07) is 1.08. The van der Waals surface area contributed by atoms with Crippen LogP contribution in [0.1, 0.15) is 46.0 Å². The zero-order chi connectivity index (χ0) is 10.6. The minimum atomic E-state index is 0.430. The molecule has 2 N–H and O–H groups in total. The van der Waals surface area contributed by atoms with E-state index in [1.165, 1.54) is 38.6 Å². The van der Waals surface area contributed by atoms with Crippen LogP contribution in [0.5, 0.6) is 0 Å². The quantitative estimate of drug-likeness (QED) is 0.734. The van der Waals surface area contributed by atoms with Crippen molar-refractivity contribution >= 4 is 0 Å². The van der Waals surface area contributed by atoms with Crippen LogP contribution < -0.4 is 5.73 Å². The summed E-state index contributed by atoms with van der Waals surface area (Å²) in [5.74, 6) is 0.834. The van der Waals surface area contributed by atoms with Gasteiger partial charge in [-0.2, -0.15) is 0 Å². The summed E-state index contributed by atoms with van der Waals surface area (Å²) < 4.78 is 0. The lowest BCUT2D eigenvalue weighted by Crippen LogP contribution is -2.42. The van der Waals surface area contributed by atoms with Crippen LogP contribution in [0.25, 0.3) is 0 Å². The number of rotatable bonds is 5. The molecule has 2 atom stereocenters. The number of likely N-dealkylation sites (N-methyl/N-ethyl adjacent to an activating group) is 1. The van der Waals surface area contributed by atoms with E-state index in [4.69, 9.17) is 5.73 Å². The monoisotopic (exact) mass is 198 g/mol. The molecule has 84 valence electrons. The topological polar surface area (TPSA) is 29.3 Å². The highest BCUT2D eigenvalue weighted by atomic mass is 15.1. The Morgan fingerprint density at radius 3 is 2.57 bits per heavy atom. The molecule has 1 aliphatic carbocycles. The van der Waals surface area contributed by atoms with Crippen molar-refractivity contribution in [3.05, 3.63) is 0 Å². The van der Waals surface area contributed by atoms with Gasteiger partial charge < -0.3 is 10.6 Å². The van der Waals surface area contributed by atoms with Crippen molar-refractivity contribution in [2.45, 2.75) is 58.0 Å².